The van der Waals surface area contributed by atoms with Crippen LogP contribution in [0.3, 0.4) is 0 Å². The summed E-state index contributed by atoms with van der Waals surface area (Å²) in [5, 5.41) is 13.9. The molecular formula is C18H13ClFN3O. The minimum Gasteiger partial charge on any atom is -0.486 e. The summed E-state index contributed by atoms with van der Waals surface area (Å²) in [6.45, 7) is 0.774. The first-order valence-electron chi connectivity index (χ1n) is 7.22. The van der Waals surface area contributed by atoms with Gasteiger partial charge in [-0.25, -0.2) is 4.39 Å². The van der Waals surface area contributed by atoms with Crippen molar-refractivity contribution in [3.05, 3.63) is 82.4 Å². The number of ether oxygens (including phenoxy) is 1. The number of rotatable bonds is 5. The van der Waals surface area contributed by atoms with Gasteiger partial charge in [0.05, 0.1) is 30.6 Å². The number of nitriles is 1. The fourth-order valence-electron chi connectivity index (χ4n) is 2.22. The molecule has 1 aromatic heterocycles. The van der Waals surface area contributed by atoms with Crippen molar-refractivity contribution in [2.24, 2.45) is 0 Å². The Labute approximate surface area is 143 Å². The Balaban J connectivity index is 1.64. The zero-order valence-corrected chi connectivity index (χ0v) is 13.4. The van der Waals surface area contributed by atoms with Crippen molar-refractivity contribution < 1.29 is 9.13 Å². The quantitative estimate of drug-likeness (QED) is 0.699. The molecule has 0 unspecified atom stereocenters. The van der Waals surface area contributed by atoms with Gasteiger partial charge >= 0.3 is 0 Å². The normalized spacial score (nSPS) is 10.4. The fourth-order valence-corrected chi connectivity index (χ4v) is 2.39. The van der Waals surface area contributed by atoms with E-state index in [1.165, 1.54) is 12.1 Å². The topological polar surface area (TPSA) is 50.8 Å². The lowest BCUT2D eigenvalue weighted by molar-refractivity contribution is 0.305. The summed E-state index contributed by atoms with van der Waals surface area (Å²) in [6, 6.07) is 13.5. The first kappa shape index (κ1) is 16.0. The molecule has 0 fully saturated rings. The Kier molecular flexibility index (Phi) is 4.78. The van der Waals surface area contributed by atoms with Crippen LogP contribution >= 0.6 is 11.6 Å². The van der Waals surface area contributed by atoms with Crippen LogP contribution in [0.1, 0.15) is 16.7 Å². The third-order valence-corrected chi connectivity index (χ3v) is 3.69. The van der Waals surface area contributed by atoms with E-state index in [-0.39, 0.29) is 12.4 Å². The first-order chi connectivity index (χ1) is 11.6. The molecule has 4 nitrogen and oxygen atoms in total. The largest absolute Gasteiger partial charge is 0.486 e. The molecule has 0 N–H and O–H groups in total. The molecule has 0 bridgehead atoms. The van der Waals surface area contributed by atoms with Crippen LogP contribution in [0.25, 0.3) is 0 Å². The van der Waals surface area contributed by atoms with E-state index in [0.29, 0.717) is 22.9 Å². The molecule has 3 aromatic rings. The Hall–Kier alpha value is -2.84. The third-order valence-electron chi connectivity index (χ3n) is 3.45. The third kappa shape index (κ3) is 3.92. The number of aromatic nitrogens is 2. The van der Waals surface area contributed by atoms with Gasteiger partial charge in [0, 0.05) is 10.6 Å². The van der Waals surface area contributed by atoms with Gasteiger partial charge in [0.25, 0.3) is 0 Å². The Bertz CT molecular complexity index is 884. The highest BCUT2D eigenvalue weighted by Crippen LogP contribution is 2.18. The van der Waals surface area contributed by atoms with Crippen LogP contribution in [0.15, 0.2) is 54.9 Å². The molecule has 0 saturated carbocycles. The summed E-state index contributed by atoms with van der Waals surface area (Å²) < 4.78 is 20.3. The van der Waals surface area contributed by atoms with Crippen LogP contribution in [-0.2, 0) is 13.2 Å². The van der Waals surface area contributed by atoms with E-state index in [4.69, 9.17) is 21.6 Å². The number of benzene rings is 2. The SMILES string of the molecule is N#Cc1cc(Cl)ccc1COc1cnn(Cc2ccc(F)cc2)c1. The summed E-state index contributed by atoms with van der Waals surface area (Å²) in [5.74, 6) is 0.329. The molecule has 0 saturated heterocycles. The molecule has 3 rings (SSSR count). The predicted molar refractivity (Wildman–Crippen MR) is 88.2 cm³/mol. The van der Waals surface area contributed by atoms with Crippen LogP contribution in [0.5, 0.6) is 5.75 Å². The highest BCUT2D eigenvalue weighted by Gasteiger charge is 2.06. The second-order valence-corrected chi connectivity index (χ2v) is 5.64. The molecule has 1 heterocycles. The maximum Gasteiger partial charge on any atom is 0.157 e. The van der Waals surface area contributed by atoms with Gasteiger partial charge in [-0.1, -0.05) is 29.8 Å². The van der Waals surface area contributed by atoms with Gasteiger partial charge in [0.1, 0.15) is 12.4 Å². The average Bonchev–Trinajstić information content (AvgIpc) is 3.03. The summed E-state index contributed by atoms with van der Waals surface area (Å²) in [7, 11) is 0. The van der Waals surface area contributed by atoms with Crippen LogP contribution in [0.2, 0.25) is 5.02 Å². The van der Waals surface area contributed by atoms with Gasteiger partial charge in [0.2, 0.25) is 0 Å². The number of nitrogens with zero attached hydrogens (tertiary/aromatic N) is 3. The van der Waals surface area contributed by atoms with E-state index >= 15 is 0 Å². The fraction of sp³-hybridized carbons (Fsp3) is 0.111. The molecule has 0 aliphatic rings. The van der Waals surface area contributed by atoms with E-state index in [0.717, 1.165) is 11.1 Å². The van der Waals surface area contributed by atoms with Crippen molar-refractivity contribution >= 4 is 11.6 Å². The first-order valence-corrected chi connectivity index (χ1v) is 7.60. The molecule has 6 heteroatoms. The second kappa shape index (κ2) is 7.16. The van der Waals surface area contributed by atoms with Gasteiger partial charge in [-0.3, -0.25) is 4.68 Å². The van der Waals surface area contributed by atoms with Crippen molar-refractivity contribution in [1.82, 2.24) is 9.78 Å². The lowest BCUT2D eigenvalue weighted by atomic mass is 10.1. The minimum atomic E-state index is -0.264. The Morgan fingerprint density at radius 1 is 1.21 bits per heavy atom. The standard InChI is InChI=1S/C18H13ClFN3O/c19-16-4-3-14(15(7-16)8-21)12-24-18-9-22-23(11-18)10-13-1-5-17(20)6-2-13/h1-7,9,11H,10,12H2. The van der Waals surface area contributed by atoms with E-state index in [1.54, 1.807) is 47.4 Å². The molecule has 0 aliphatic carbocycles. The van der Waals surface area contributed by atoms with Crippen LogP contribution in [0.4, 0.5) is 4.39 Å². The zero-order chi connectivity index (χ0) is 16.9. The zero-order valence-electron chi connectivity index (χ0n) is 12.6. The Morgan fingerprint density at radius 2 is 2.00 bits per heavy atom. The lowest BCUT2D eigenvalue weighted by Crippen LogP contribution is -2.00. The molecule has 0 amide bonds. The molecule has 0 radical (unpaired) electrons. The molecule has 0 atom stereocenters. The Morgan fingerprint density at radius 3 is 2.75 bits per heavy atom. The second-order valence-electron chi connectivity index (χ2n) is 5.20. The van der Waals surface area contributed by atoms with Crippen molar-refractivity contribution in [3.8, 4) is 11.8 Å². The maximum atomic E-state index is 12.9. The van der Waals surface area contributed by atoms with Crippen LogP contribution in [0, 0.1) is 17.1 Å². The summed E-state index contributed by atoms with van der Waals surface area (Å²) in [5.41, 5.74) is 2.19. The van der Waals surface area contributed by atoms with Crippen molar-refractivity contribution in [2.75, 3.05) is 0 Å². The summed E-state index contributed by atoms with van der Waals surface area (Å²) >= 11 is 5.87. The van der Waals surface area contributed by atoms with Crippen molar-refractivity contribution in [2.45, 2.75) is 13.2 Å². The monoisotopic (exact) mass is 341 g/mol. The van der Waals surface area contributed by atoms with Crippen molar-refractivity contribution in [1.29, 1.82) is 5.26 Å². The van der Waals surface area contributed by atoms with Crippen LogP contribution < -0.4 is 4.74 Å². The predicted octanol–water partition coefficient (Wildman–Crippen LogP) is 4.17. The van der Waals surface area contributed by atoms with Crippen molar-refractivity contribution in [3.63, 3.8) is 0 Å². The number of hydrogen-bond acceptors (Lipinski definition) is 3. The molecule has 120 valence electrons. The number of hydrogen-bond donors (Lipinski definition) is 0. The van der Waals surface area contributed by atoms with Gasteiger partial charge in [-0.2, -0.15) is 10.4 Å². The maximum absolute atomic E-state index is 12.9. The molecule has 0 spiro atoms. The average molecular weight is 342 g/mol. The molecule has 2 aromatic carbocycles. The molecule has 24 heavy (non-hydrogen) atoms. The minimum absolute atomic E-state index is 0.252. The van der Waals surface area contributed by atoms with Gasteiger partial charge < -0.3 is 4.74 Å². The summed E-state index contributed by atoms with van der Waals surface area (Å²) in [6.07, 6.45) is 3.36. The summed E-state index contributed by atoms with van der Waals surface area (Å²) in [4.78, 5) is 0. The number of halogens is 2. The smallest absolute Gasteiger partial charge is 0.157 e. The van der Waals surface area contributed by atoms with E-state index < -0.39 is 0 Å². The molecule has 0 aliphatic heterocycles. The van der Waals surface area contributed by atoms with Gasteiger partial charge in [-0.15, -0.1) is 0 Å². The lowest BCUT2D eigenvalue weighted by Gasteiger charge is -2.06. The van der Waals surface area contributed by atoms with Crippen LogP contribution in [-0.4, -0.2) is 9.78 Å². The highest BCUT2D eigenvalue weighted by atomic mass is 35.5. The van der Waals surface area contributed by atoms with Gasteiger partial charge in [0.15, 0.2) is 5.75 Å². The van der Waals surface area contributed by atoms with E-state index in [1.807, 2.05) is 0 Å². The van der Waals surface area contributed by atoms with E-state index in [9.17, 15) is 4.39 Å². The highest BCUT2D eigenvalue weighted by molar-refractivity contribution is 6.30. The van der Waals surface area contributed by atoms with E-state index in [2.05, 4.69) is 11.2 Å². The molecular weight excluding hydrogens is 329 g/mol. The van der Waals surface area contributed by atoms with Gasteiger partial charge in [-0.05, 0) is 29.8 Å².